The summed E-state index contributed by atoms with van der Waals surface area (Å²) in [7, 11) is -7.81. The van der Waals surface area contributed by atoms with Crippen molar-refractivity contribution in [1.29, 1.82) is 0 Å². The number of amides is 1. The molecule has 11 heteroatoms. The fraction of sp³-hybridized carbons (Fsp3) is 0.235. The van der Waals surface area contributed by atoms with Crippen LogP contribution in [0.15, 0.2) is 58.3 Å². The first-order valence-electron chi connectivity index (χ1n) is 8.30. The Balaban J connectivity index is 1.78. The van der Waals surface area contributed by atoms with Crippen LogP contribution in [0, 0.1) is 5.82 Å². The largest absolute Gasteiger partial charge is 0.325 e. The van der Waals surface area contributed by atoms with Gasteiger partial charge in [0.05, 0.1) is 9.79 Å². The van der Waals surface area contributed by atoms with Gasteiger partial charge in [-0.15, -0.1) is 0 Å². The predicted molar refractivity (Wildman–Crippen MR) is 99.8 cm³/mol. The molecule has 8 nitrogen and oxygen atoms in total. The number of carbonyl (C=O) groups is 1. The first-order valence-corrected chi connectivity index (χ1v) is 11.3. The molecule has 0 aromatic heterocycles. The molecule has 1 amide bonds. The number of primary sulfonamides is 1. The van der Waals surface area contributed by atoms with Crippen LogP contribution in [0.25, 0.3) is 0 Å². The van der Waals surface area contributed by atoms with Gasteiger partial charge >= 0.3 is 0 Å². The molecule has 150 valence electrons. The lowest BCUT2D eigenvalue weighted by molar-refractivity contribution is -0.119. The average molecular weight is 427 g/mol. The van der Waals surface area contributed by atoms with Crippen molar-refractivity contribution in [3.63, 3.8) is 0 Å². The minimum atomic E-state index is -3.96. The van der Waals surface area contributed by atoms with Gasteiger partial charge in [0.15, 0.2) is 0 Å². The number of benzene rings is 2. The summed E-state index contributed by atoms with van der Waals surface area (Å²) in [6, 6.07) is 8.70. The van der Waals surface area contributed by atoms with Gasteiger partial charge in [-0.25, -0.2) is 26.4 Å². The first kappa shape index (κ1) is 20.4. The van der Waals surface area contributed by atoms with Crippen LogP contribution >= 0.6 is 0 Å². The Labute approximate surface area is 162 Å². The molecule has 28 heavy (non-hydrogen) atoms. The van der Waals surface area contributed by atoms with E-state index in [0.29, 0.717) is 18.5 Å². The van der Waals surface area contributed by atoms with Crippen molar-refractivity contribution in [2.45, 2.75) is 28.7 Å². The molecule has 3 rings (SSSR count). The van der Waals surface area contributed by atoms with Crippen LogP contribution in [0.3, 0.4) is 0 Å². The maximum atomic E-state index is 13.1. The van der Waals surface area contributed by atoms with Crippen molar-refractivity contribution in [3.8, 4) is 0 Å². The highest BCUT2D eigenvalue weighted by molar-refractivity contribution is 7.89. The quantitative estimate of drug-likeness (QED) is 0.743. The third-order valence-electron chi connectivity index (χ3n) is 4.38. The van der Waals surface area contributed by atoms with Crippen LogP contribution in [0.4, 0.5) is 10.1 Å². The van der Waals surface area contributed by atoms with Crippen molar-refractivity contribution in [2.75, 3.05) is 11.9 Å². The minimum Gasteiger partial charge on any atom is -0.325 e. The second kappa shape index (κ2) is 7.59. The van der Waals surface area contributed by atoms with Crippen molar-refractivity contribution < 1.29 is 26.0 Å². The van der Waals surface area contributed by atoms with Crippen molar-refractivity contribution in [1.82, 2.24) is 4.31 Å². The zero-order valence-electron chi connectivity index (χ0n) is 14.6. The summed E-state index contributed by atoms with van der Waals surface area (Å²) in [6.07, 6.45) is 0.838. The number of carbonyl (C=O) groups excluding carboxylic acids is 1. The summed E-state index contributed by atoms with van der Waals surface area (Å²) in [5.74, 6) is -1.09. The van der Waals surface area contributed by atoms with Crippen molar-refractivity contribution >= 4 is 31.6 Å². The van der Waals surface area contributed by atoms with Gasteiger partial charge in [0.25, 0.3) is 0 Å². The molecular weight excluding hydrogens is 409 g/mol. The normalized spacial score (nSPS) is 18.1. The van der Waals surface area contributed by atoms with Gasteiger partial charge in [-0.2, -0.15) is 4.31 Å². The first-order chi connectivity index (χ1) is 13.1. The number of anilines is 1. The minimum absolute atomic E-state index is 0.0916. The van der Waals surface area contributed by atoms with Crippen LogP contribution in [0.5, 0.6) is 0 Å². The van der Waals surface area contributed by atoms with Gasteiger partial charge in [0.2, 0.25) is 26.0 Å². The van der Waals surface area contributed by atoms with Gasteiger partial charge in [-0.3, -0.25) is 4.79 Å². The Morgan fingerprint density at radius 2 is 1.57 bits per heavy atom. The number of nitrogens with two attached hydrogens (primary N) is 1. The van der Waals surface area contributed by atoms with E-state index in [9.17, 15) is 26.0 Å². The molecule has 2 aromatic rings. The number of hydrogen-bond donors (Lipinski definition) is 2. The Hall–Kier alpha value is -2.34. The number of nitrogens with zero attached hydrogens (tertiary/aromatic N) is 1. The summed E-state index contributed by atoms with van der Waals surface area (Å²) < 4.78 is 62.4. The number of halogens is 1. The predicted octanol–water partition coefficient (Wildman–Crippen LogP) is 1.26. The Morgan fingerprint density at radius 3 is 2.14 bits per heavy atom. The summed E-state index contributed by atoms with van der Waals surface area (Å²) in [6.45, 7) is 0.169. The molecule has 1 aliphatic heterocycles. The van der Waals surface area contributed by atoms with Crippen LogP contribution in [-0.4, -0.2) is 39.6 Å². The zero-order valence-corrected chi connectivity index (χ0v) is 16.2. The second-order valence-corrected chi connectivity index (χ2v) is 9.74. The molecule has 1 atom stereocenters. The maximum absolute atomic E-state index is 13.1. The molecule has 0 bridgehead atoms. The van der Waals surface area contributed by atoms with E-state index >= 15 is 0 Å². The van der Waals surface area contributed by atoms with E-state index in [0.717, 1.165) is 28.6 Å². The molecule has 2 aromatic carbocycles. The van der Waals surface area contributed by atoms with E-state index in [1.807, 2.05) is 0 Å². The van der Waals surface area contributed by atoms with E-state index in [1.165, 1.54) is 24.3 Å². The van der Waals surface area contributed by atoms with Crippen LogP contribution in [-0.2, 0) is 24.8 Å². The SMILES string of the molecule is NS(=O)(=O)c1ccc(NC(=O)C2CCCN2S(=O)(=O)c2ccc(F)cc2)cc1. The van der Waals surface area contributed by atoms with Crippen molar-refractivity contribution in [2.24, 2.45) is 5.14 Å². The van der Waals surface area contributed by atoms with Gasteiger partial charge in [-0.05, 0) is 61.4 Å². The van der Waals surface area contributed by atoms with E-state index in [-0.39, 0.29) is 16.3 Å². The molecule has 1 aliphatic rings. The van der Waals surface area contributed by atoms with E-state index < -0.39 is 37.8 Å². The highest BCUT2D eigenvalue weighted by Gasteiger charge is 2.39. The molecule has 1 saturated heterocycles. The monoisotopic (exact) mass is 427 g/mol. The third kappa shape index (κ3) is 4.22. The Bertz CT molecular complexity index is 1080. The topological polar surface area (TPSA) is 127 Å². The average Bonchev–Trinajstić information content (AvgIpc) is 3.12. The Morgan fingerprint density at radius 1 is 1.00 bits per heavy atom. The lowest BCUT2D eigenvalue weighted by atomic mass is 10.2. The van der Waals surface area contributed by atoms with Crippen LogP contribution < -0.4 is 10.5 Å². The molecule has 0 radical (unpaired) electrons. The van der Waals surface area contributed by atoms with E-state index in [2.05, 4.69) is 5.32 Å². The molecule has 1 heterocycles. The fourth-order valence-corrected chi connectivity index (χ4v) is 5.16. The van der Waals surface area contributed by atoms with E-state index in [1.54, 1.807) is 0 Å². The molecule has 1 fully saturated rings. The number of rotatable bonds is 5. The van der Waals surface area contributed by atoms with Gasteiger partial charge in [0.1, 0.15) is 11.9 Å². The Kier molecular flexibility index (Phi) is 5.53. The molecular formula is C17H18FN3O5S2. The highest BCUT2D eigenvalue weighted by atomic mass is 32.2. The van der Waals surface area contributed by atoms with Crippen LogP contribution in [0.1, 0.15) is 12.8 Å². The van der Waals surface area contributed by atoms with Gasteiger partial charge < -0.3 is 5.32 Å². The molecule has 0 saturated carbocycles. The fourth-order valence-electron chi connectivity index (χ4n) is 2.99. The van der Waals surface area contributed by atoms with Gasteiger partial charge in [-0.1, -0.05) is 0 Å². The van der Waals surface area contributed by atoms with E-state index in [4.69, 9.17) is 5.14 Å². The lowest BCUT2D eigenvalue weighted by Gasteiger charge is -2.23. The number of sulfonamides is 2. The maximum Gasteiger partial charge on any atom is 0.243 e. The van der Waals surface area contributed by atoms with Crippen LogP contribution in [0.2, 0.25) is 0 Å². The number of hydrogen-bond acceptors (Lipinski definition) is 5. The summed E-state index contributed by atoms with van der Waals surface area (Å²) >= 11 is 0. The molecule has 0 spiro atoms. The zero-order chi connectivity index (χ0) is 20.5. The lowest BCUT2D eigenvalue weighted by Crippen LogP contribution is -2.43. The summed E-state index contributed by atoms with van der Waals surface area (Å²) in [4.78, 5) is 12.4. The second-order valence-electron chi connectivity index (χ2n) is 6.29. The standard InChI is InChI=1S/C17H18FN3O5S2/c18-12-3-7-15(8-4-12)28(25,26)21-11-1-2-16(21)17(22)20-13-5-9-14(10-6-13)27(19,23)24/h3-10,16H,1-2,11H2,(H,20,22)(H2,19,23,24). The molecule has 3 N–H and O–H groups in total. The molecule has 0 aliphatic carbocycles. The highest BCUT2D eigenvalue weighted by Crippen LogP contribution is 2.27. The third-order valence-corrected chi connectivity index (χ3v) is 7.23. The summed E-state index contributed by atoms with van der Waals surface area (Å²) in [5, 5.41) is 7.61. The molecule has 1 unspecified atom stereocenters. The van der Waals surface area contributed by atoms with Gasteiger partial charge in [0, 0.05) is 12.2 Å². The van der Waals surface area contributed by atoms with Crippen molar-refractivity contribution in [3.05, 3.63) is 54.3 Å². The summed E-state index contributed by atoms with van der Waals surface area (Å²) in [5.41, 5.74) is 0.309. The number of nitrogens with one attached hydrogen (secondary N) is 1. The smallest absolute Gasteiger partial charge is 0.243 e.